The van der Waals surface area contributed by atoms with Crippen molar-refractivity contribution in [2.24, 2.45) is 0 Å². The van der Waals surface area contributed by atoms with E-state index in [1.54, 1.807) is 33.1 Å². The van der Waals surface area contributed by atoms with Gasteiger partial charge in [-0.1, -0.05) is 45.9 Å². The van der Waals surface area contributed by atoms with Crippen LogP contribution in [0.1, 0.15) is 49.7 Å². The van der Waals surface area contributed by atoms with E-state index in [9.17, 15) is 13.2 Å². The van der Waals surface area contributed by atoms with Gasteiger partial charge in [0.15, 0.2) is 0 Å². The number of rotatable bonds is 12. The fourth-order valence-electron chi connectivity index (χ4n) is 3.77. The summed E-state index contributed by atoms with van der Waals surface area (Å²) in [6.07, 6.45) is 0. The minimum atomic E-state index is -3.63. The molecule has 0 aliphatic heterocycles. The number of nitrogens with zero attached hydrogens (tertiary/aromatic N) is 2. The number of carbonyl (C=O) groups is 1. The first-order valence-corrected chi connectivity index (χ1v) is 12.5. The van der Waals surface area contributed by atoms with Crippen molar-refractivity contribution < 1.29 is 17.9 Å². The molecule has 0 aromatic heterocycles. The first-order valence-electron chi connectivity index (χ1n) is 11.1. The fraction of sp³-hybridized carbons (Fsp3) is 0.458. The summed E-state index contributed by atoms with van der Waals surface area (Å²) in [4.78, 5) is 15.3. The van der Waals surface area contributed by atoms with Gasteiger partial charge in [0.2, 0.25) is 10.0 Å². The molecule has 0 aliphatic rings. The molecular formula is C24H35N3O4S. The molecule has 2 aromatic carbocycles. The van der Waals surface area contributed by atoms with E-state index in [1.807, 2.05) is 24.3 Å². The highest BCUT2D eigenvalue weighted by molar-refractivity contribution is 7.89. The maximum absolute atomic E-state index is 12.9. The predicted molar refractivity (Wildman–Crippen MR) is 128 cm³/mol. The number of amides is 1. The molecule has 0 radical (unpaired) electrons. The molecule has 0 bridgehead atoms. The van der Waals surface area contributed by atoms with E-state index in [0.717, 1.165) is 24.4 Å². The average molecular weight is 462 g/mol. The van der Waals surface area contributed by atoms with Gasteiger partial charge in [-0.25, -0.2) is 8.42 Å². The van der Waals surface area contributed by atoms with Gasteiger partial charge in [0.1, 0.15) is 5.75 Å². The Morgan fingerprint density at radius 3 is 2.22 bits per heavy atom. The van der Waals surface area contributed by atoms with Gasteiger partial charge in [-0.15, -0.1) is 0 Å². The first-order chi connectivity index (χ1) is 15.3. The second kappa shape index (κ2) is 12.0. The van der Waals surface area contributed by atoms with E-state index >= 15 is 0 Å². The predicted octanol–water partition coefficient (Wildman–Crippen LogP) is 3.54. The number of benzene rings is 2. The molecule has 1 N–H and O–H groups in total. The summed E-state index contributed by atoms with van der Waals surface area (Å²) in [5.41, 5.74) is 1.37. The Hall–Kier alpha value is -2.42. The van der Waals surface area contributed by atoms with Crippen LogP contribution < -0.4 is 10.1 Å². The minimum absolute atomic E-state index is 0.0355. The molecule has 0 spiro atoms. The van der Waals surface area contributed by atoms with Gasteiger partial charge in [0.25, 0.3) is 5.91 Å². The molecule has 0 saturated heterocycles. The lowest BCUT2D eigenvalue weighted by Crippen LogP contribution is -2.38. The van der Waals surface area contributed by atoms with E-state index in [2.05, 4.69) is 24.1 Å². The van der Waals surface area contributed by atoms with Crippen molar-refractivity contribution in [3.05, 3.63) is 59.7 Å². The minimum Gasteiger partial charge on any atom is -0.497 e. The third-order valence-corrected chi connectivity index (χ3v) is 7.67. The van der Waals surface area contributed by atoms with Crippen LogP contribution in [0.5, 0.6) is 5.75 Å². The van der Waals surface area contributed by atoms with Crippen molar-refractivity contribution in [2.75, 3.05) is 39.8 Å². The lowest BCUT2D eigenvalue weighted by Gasteiger charge is -2.30. The molecule has 0 saturated carbocycles. The summed E-state index contributed by atoms with van der Waals surface area (Å²) < 4.78 is 32.4. The molecule has 1 amide bonds. The zero-order valence-electron chi connectivity index (χ0n) is 19.7. The van der Waals surface area contributed by atoms with Crippen molar-refractivity contribution in [1.82, 2.24) is 14.5 Å². The lowest BCUT2D eigenvalue weighted by molar-refractivity contribution is 0.0934. The third kappa shape index (κ3) is 6.09. The highest BCUT2D eigenvalue weighted by Gasteiger charge is 2.23. The van der Waals surface area contributed by atoms with Crippen molar-refractivity contribution >= 4 is 15.9 Å². The number of nitrogens with one attached hydrogen (secondary N) is 1. The monoisotopic (exact) mass is 461 g/mol. The zero-order chi connectivity index (χ0) is 23.7. The second-order valence-electron chi connectivity index (χ2n) is 7.34. The Balaban J connectivity index is 2.25. The Morgan fingerprint density at radius 2 is 1.62 bits per heavy atom. The van der Waals surface area contributed by atoms with Crippen LogP contribution in [0.15, 0.2) is 53.4 Å². The molecule has 0 aliphatic carbocycles. The maximum atomic E-state index is 12.9. The molecule has 176 valence electrons. The molecule has 1 unspecified atom stereocenters. The van der Waals surface area contributed by atoms with Crippen LogP contribution in [-0.2, 0) is 10.0 Å². The summed E-state index contributed by atoms with van der Waals surface area (Å²) >= 11 is 0. The highest BCUT2D eigenvalue weighted by atomic mass is 32.2. The number of ether oxygens (including phenoxy) is 1. The largest absolute Gasteiger partial charge is 0.497 e. The van der Waals surface area contributed by atoms with Crippen molar-refractivity contribution in [1.29, 1.82) is 0 Å². The van der Waals surface area contributed by atoms with Gasteiger partial charge in [-0.2, -0.15) is 4.31 Å². The summed E-state index contributed by atoms with van der Waals surface area (Å²) in [6.45, 7) is 10.5. The van der Waals surface area contributed by atoms with Gasteiger partial charge < -0.3 is 10.1 Å². The normalized spacial score (nSPS) is 12.7. The smallest absolute Gasteiger partial charge is 0.251 e. The van der Waals surface area contributed by atoms with E-state index < -0.39 is 10.0 Å². The standard InChI is InChI=1S/C24H35N3O4S/c1-6-26(7-2)23(19-12-10-14-21(16-19)31-5)18-25-24(28)20-13-11-15-22(17-20)32(29,30)27(8-3)9-4/h10-17,23H,6-9,18H2,1-5H3,(H,25,28). The molecule has 2 aromatic rings. The van der Waals surface area contributed by atoms with Crippen molar-refractivity contribution in [2.45, 2.75) is 38.6 Å². The Bertz CT molecular complexity index is 986. The molecule has 2 rings (SSSR count). The van der Waals surface area contributed by atoms with E-state index in [1.165, 1.54) is 16.4 Å². The molecule has 7 nitrogen and oxygen atoms in total. The number of carbonyl (C=O) groups excluding carboxylic acids is 1. The van der Waals surface area contributed by atoms with Gasteiger partial charge in [-0.3, -0.25) is 9.69 Å². The van der Waals surface area contributed by atoms with E-state index in [4.69, 9.17) is 4.74 Å². The Morgan fingerprint density at radius 1 is 0.969 bits per heavy atom. The molecule has 8 heteroatoms. The van der Waals surface area contributed by atoms with E-state index in [-0.39, 0.29) is 16.8 Å². The summed E-state index contributed by atoms with van der Waals surface area (Å²) in [6, 6.07) is 14.0. The van der Waals surface area contributed by atoms with Crippen LogP contribution >= 0.6 is 0 Å². The third-order valence-electron chi connectivity index (χ3n) is 5.63. The number of likely N-dealkylation sites (N-methyl/N-ethyl adjacent to an activating group) is 1. The first kappa shape index (κ1) is 25.8. The number of hydrogen-bond donors (Lipinski definition) is 1. The SMILES string of the molecule is CCN(CC)C(CNC(=O)c1cccc(S(=O)(=O)N(CC)CC)c1)c1cccc(OC)c1. The van der Waals surface area contributed by atoms with Gasteiger partial charge >= 0.3 is 0 Å². The van der Waals surface area contributed by atoms with Crippen LogP contribution in [0, 0.1) is 0 Å². The fourth-order valence-corrected chi connectivity index (χ4v) is 5.28. The number of hydrogen-bond acceptors (Lipinski definition) is 5. The Kier molecular flexibility index (Phi) is 9.68. The Labute approximate surface area is 192 Å². The van der Waals surface area contributed by atoms with Crippen LogP contribution in [0.3, 0.4) is 0 Å². The van der Waals surface area contributed by atoms with Crippen LogP contribution in [0.25, 0.3) is 0 Å². The maximum Gasteiger partial charge on any atom is 0.251 e. The molecule has 0 fully saturated rings. The molecule has 1 atom stereocenters. The molecule has 32 heavy (non-hydrogen) atoms. The van der Waals surface area contributed by atoms with Crippen LogP contribution in [0.2, 0.25) is 0 Å². The number of sulfonamides is 1. The summed E-state index contributed by atoms with van der Waals surface area (Å²) in [5, 5.41) is 2.99. The highest BCUT2D eigenvalue weighted by Crippen LogP contribution is 2.24. The van der Waals surface area contributed by atoms with Crippen molar-refractivity contribution in [3.63, 3.8) is 0 Å². The van der Waals surface area contributed by atoms with Gasteiger partial charge in [0, 0.05) is 25.2 Å². The summed E-state index contributed by atoms with van der Waals surface area (Å²) in [5.74, 6) is 0.460. The molecule has 0 heterocycles. The van der Waals surface area contributed by atoms with Crippen molar-refractivity contribution in [3.8, 4) is 5.75 Å². The second-order valence-corrected chi connectivity index (χ2v) is 9.28. The van der Waals surface area contributed by atoms with Crippen LogP contribution in [0.4, 0.5) is 0 Å². The molecular weight excluding hydrogens is 426 g/mol. The lowest BCUT2D eigenvalue weighted by atomic mass is 10.0. The average Bonchev–Trinajstić information content (AvgIpc) is 2.82. The van der Waals surface area contributed by atoms with E-state index in [0.29, 0.717) is 25.2 Å². The summed E-state index contributed by atoms with van der Waals surface area (Å²) in [7, 11) is -2.00. The van der Waals surface area contributed by atoms with Crippen LogP contribution in [-0.4, -0.2) is 63.4 Å². The van der Waals surface area contributed by atoms with Gasteiger partial charge in [-0.05, 0) is 49.0 Å². The topological polar surface area (TPSA) is 79.0 Å². The van der Waals surface area contributed by atoms with Gasteiger partial charge in [0.05, 0.1) is 18.0 Å². The quantitative estimate of drug-likeness (QED) is 0.523. The zero-order valence-corrected chi connectivity index (χ0v) is 20.5. The number of methoxy groups -OCH3 is 1.